The third kappa shape index (κ3) is 12.5. The van der Waals surface area contributed by atoms with Gasteiger partial charge in [0.25, 0.3) is 0 Å². The van der Waals surface area contributed by atoms with Crippen molar-refractivity contribution in [1.29, 1.82) is 0 Å². The summed E-state index contributed by atoms with van der Waals surface area (Å²) >= 11 is 0. The smallest absolute Gasteiger partial charge is 0.379 e. The van der Waals surface area contributed by atoms with Crippen molar-refractivity contribution in [3.63, 3.8) is 0 Å². The van der Waals surface area contributed by atoms with E-state index in [0.717, 1.165) is 0 Å². The Morgan fingerprint density at radius 1 is 0.552 bits per heavy atom. The molecule has 0 saturated heterocycles. The normalized spacial score (nSPS) is 13.7. The van der Waals surface area contributed by atoms with Crippen LogP contribution in [0, 0.1) is 0 Å². The van der Waals surface area contributed by atoms with E-state index in [4.69, 9.17) is 14.2 Å². The summed E-state index contributed by atoms with van der Waals surface area (Å²) in [5.74, 6) is 0. The summed E-state index contributed by atoms with van der Waals surface area (Å²) < 4.78 is 133. The Balaban J connectivity index is 3.45. The van der Waals surface area contributed by atoms with Gasteiger partial charge in [-0.25, -0.2) is 26.3 Å². The van der Waals surface area contributed by atoms with Crippen LogP contribution < -0.4 is 9.44 Å². The Morgan fingerprint density at radius 2 is 0.828 bits per heavy atom. The Hall–Kier alpha value is -0.720. The Morgan fingerprint density at radius 3 is 1.10 bits per heavy atom. The van der Waals surface area contributed by atoms with Crippen molar-refractivity contribution in [2.45, 2.75) is 23.9 Å². The minimum atomic E-state index is -5.36. The number of nitrogens with one attached hydrogen (secondary N) is 2. The molecule has 176 valence electrons. The molecular weight excluding hydrogens is 462 g/mol. The Kier molecular flexibility index (Phi) is 12.5. The molecule has 0 aromatic carbocycles. The highest BCUT2D eigenvalue weighted by Gasteiger charge is 2.46. The molecule has 0 radical (unpaired) electrons. The molecule has 0 atom stereocenters. The highest BCUT2D eigenvalue weighted by molar-refractivity contribution is 7.90. The van der Waals surface area contributed by atoms with Crippen molar-refractivity contribution in [1.82, 2.24) is 9.44 Å². The minimum absolute atomic E-state index is 0.00801. The highest BCUT2D eigenvalue weighted by atomic mass is 32.2. The number of hydrogen-bond donors (Lipinski definition) is 2. The van der Waals surface area contributed by atoms with Crippen LogP contribution in [0.5, 0.6) is 0 Å². The monoisotopic (exact) mass is 484 g/mol. The van der Waals surface area contributed by atoms with Crippen LogP contribution >= 0.6 is 0 Å². The van der Waals surface area contributed by atoms with Crippen LogP contribution in [-0.2, 0) is 34.3 Å². The fraction of sp³-hybridized carbons (Fsp3) is 1.00. The fourth-order valence-electron chi connectivity index (χ4n) is 1.47. The fourth-order valence-corrected chi connectivity index (χ4v) is 2.62. The second-order valence-corrected chi connectivity index (χ2v) is 8.75. The van der Waals surface area contributed by atoms with E-state index >= 15 is 0 Å². The van der Waals surface area contributed by atoms with E-state index in [2.05, 4.69) is 0 Å². The minimum Gasteiger partial charge on any atom is -0.379 e. The molecule has 0 unspecified atom stereocenters. The van der Waals surface area contributed by atoms with Crippen LogP contribution in [0.3, 0.4) is 0 Å². The second-order valence-electron chi connectivity index (χ2n) is 5.23. The van der Waals surface area contributed by atoms with Crippen molar-refractivity contribution < 1.29 is 57.4 Å². The molecule has 0 aliphatic carbocycles. The van der Waals surface area contributed by atoms with E-state index in [-0.39, 0.29) is 52.5 Å². The number of halogens is 6. The molecule has 17 heteroatoms. The van der Waals surface area contributed by atoms with Crippen LogP contribution in [0.2, 0.25) is 0 Å². The second kappa shape index (κ2) is 12.9. The van der Waals surface area contributed by atoms with E-state index in [9.17, 15) is 43.2 Å². The zero-order valence-corrected chi connectivity index (χ0v) is 16.6. The molecular formula is C12H22F6N2O7S2. The molecule has 29 heavy (non-hydrogen) atoms. The first-order valence-corrected chi connectivity index (χ1v) is 11.0. The van der Waals surface area contributed by atoms with E-state index < -0.39 is 44.2 Å². The third-order valence-corrected chi connectivity index (χ3v) is 5.26. The quantitative estimate of drug-likeness (QED) is 0.244. The average molecular weight is 484 g/mol. The summed E-state index contributed by atoms with van der Waals surface area (Å²) in [5, 5.41) is 0. The number of ether oxygens (including phenoxy) is 3. The van der Waals surface area contributed by atoms with Gasteiger partial charge in [-0.3, -0.25) is 0 Å². The van der Waals surface area contributed by atoms with Crippen molar-refractivity contribution >= 4 is 20.0 Å². The maximum absolute atomic E-state index is 12.0. The SMILES string of the molecule is O=S(=O)(NCCCOCCOCCOCCCNS(=O)(=O)C(F)(F)F)C(F)(F)F. The predicted molar refractivity (Wildman–Crippen MR) is 87.6 cm³/mol. The maximum atomic E-state index is 12.0. The van der Waals surface area contributed by atoms with Gasteiger partial charge >= 0.3 is 31.1 Å². The van der Waals surface area contributed by atoms with Crippen LogP contribution in [-0.4, -0.2) is 80.6 Å². The zero-order chi connectivity index (χ0) is 22.6. The topological polar surface area (TPSA) is 120 Å². The molecule has 0 rings (SSSR count). The third-order valence-electron chi connectivity index (χ3n) is 2.87. The lowest BCUT2D eigenvalue weighted by Gasteiger charge is -2.10. The molecule has 0 aromatic heterocycles. The van der Waals surface area contributed by atoms with Crippen LogP contribution in [0.1, 0.15) is 12.8 Å². The first-order valence-electron chi connectivity index (χ1n) is 8.06. The Bertz CT molecular complexity index is 597. The standard InChI is InChI=1S/C12H22F6N2O7S2/c13-11(14,15)28(21,22)19-3-1-5-25-7-9-27-10-8-26-6-2-4-20-29(23,24)12(16,17)18/h19-20H,1-10H2. The first-order chi connectivity index (χ1) is 13.2. The van der Waals surface area contributed by atoms with Gasteiger partial charge in [0, 0.05) is 26.3 Å². The molecule has 0 bridgehead atoms. The molecule has 0 fully saturated rings. The summed E-state index contributed by atoms with van der Waals surface area (Å²) in [5.41, 5.74) is -10.7. The summed E-state index contributed by atoms with van der Waals surface area (Å²) in [6.45, 7) is -0.393. The lowest BCUT2D eigenvalue weighted by atomic mass is 10.5. The summed E-state index contributed by atoms with van der Waals surface area (Å²) in [6.07, 6.45) is 0.0486. The average Bonchev–Trinajstić information content (AvgIpc) is 2.56. The van der Waals surface area contributed by atoms with Crippen molar-refractivity contribution in [3.05, 3.63) is 0 Å². The molecule has 0 saturated carbocycles. The summed E-state index contributed by atoms with van der Waals surface area (Å²) in [7, 11) is -10.7. The number of rotatable bonds is 16. The molecule has 9 nitrogen and oxygen atoms in total. The van der Waals surface area contributed by atoms with E-state index in [1.807, 2.05) is 0 Å². The molecule has 0 aliphatic rings. The van der Waals surface area contributed by atoms with Crippen LogP contribution in [0.15, 0.2) is 0 Å². The largest absolute Gasteiger partial charge is 0.511 e. The van der Waals surface area contributed by atoms with Gasteiger partial charge in [0.05, 0.1) is 26.4 Å². The van der Waals surface area contributed by atoms with E-state index in [1.54, 1.807) is 0 Å². The number of alkyl halides is 6. The lowest BCUT2D eigenvalue weighted by Crippen LogP contribution is -2.37. The predicted octanol–water partition coefficient (Wildman–Crippen LogP) is 0.695. The molecule has 0 aromatic rings. The highest BCUT2D eigenvalue weighted by Crippen LogP contribution is 2.21. The maximum Gasteiger partial charge on any atom is 0.511 e. The number of hydrogen-bond acceptors (Lipinski definition) is 7. The van der Waals surface area contributed by atoms with Crippen LogP contribution in [0.25, 0.3) is 0 Å². The molecule has 0 amide bonds. The molecule has 2 N–H and O–H groups in total. The first kappa shape index (κ1) is 28.3. The van der Waals surface area contributed by atoms with Gasteiger partial charge in [-0.05, 0) is 12.8 Å². The van der Waals surface area contributed by atoms with Gasteiger partial charge < -0.3 is 14.2 Å². The van der Waals surface area contributed by atoms with E-state index in [0.29, 0.717) is 0 Å². The van der Waals surface area contributed by atoms with Crippen molar-refractivity contribution in [2.24, 2.45) is 0 Å². The summed E-state index contributed by atoms with van der Waals surface area (Å²) in [6, 6.07) is 0. The van der Waals surface area contributed by atoms with Gasteiger partial charge in [-0.2, -0.15) is 26.3 Å². The van der Waals surface area contributed by atoms with Gasteiger partial charge in [-0.15, -0.1) is 0 Å². The molecule has 0 heterocycles. The van der Waals surface area contributed by atoms with Crippen molar-refractivity contribution in [2.75, 3.05) is 52.7 Å². The summed E-state index contributed by atoms with van der Waals surface area (Å²) in [4.78, 5) is 0. The molecule has 0 aliphatic heterocycles. The lowest BCUT2D eigenvalue weighted by molar-refractivity contribution is -0.0453. The zero-order valence-electron chi connectivity index (χ0n) is 15.0. The van der Waals surface area contributed by atoms with Gasteiger partial charge in [0.2, 0.25) is 0 Å². The van der Waals surface area contributed by atoms with E-state index in [1.165, 1.54) is 9.44 Å². The van der Waals surface area contributed by atoms with Gasteiger partial charge in [0.15, 0.2) is 0 Å². The van der Waals surface area contributed by atoms with Crippen molar-refractivity contribution in [3.8, 4) is 0 Å². The van der Waals surface area contributed by atoms with Crippen LogP contribution in [0.4, 0.5) is 26.3 Å². The Labute approximate surface area is 164 Å². The molecule has 0 spiro atoms. The van der Waals surface area contributed by atoms with Gasteiger partial charge in [0.1, 0.15) is 0 Å². The van der Waals surface area contributed by atoms with Gasteiger partial charge in [-0.1, -0.05) is 0 Å². The number of sulfonamides is 2.